The molecule has 0 aliphatic heterocycles. The van der Waals surface area contributed by atoms with Crippen molar-refractivity contribution in [1.82, 2.24) is 15.2 Å². The van der Waals surface area contributed by atoms with E-state index in [1.807, 2.05) is 102 Å². The van der Waals surface area contributed by atoms with E-state index >= 15 is 0 Å². The van der Waals surface area contributed by atoms with E-state index in [1.165, 1.54) is 5.56 Å². The van der Waals surface area contributed by atoms with Gasteiger partial charge in [0.05, 0.1) is 17.6 Å². The van der Waals surface area contributed by atoms with Gasteiger partial charge >= 0.3 is 0 Å². The van der Waals surface area contributed by atoms with Gasteiger partial charge in [-0.25, -0.2) is 9.67 Å². The molecule has 0 saturated heterocycles. The number of aryl methyl sites for hydroxylation is 1. The Morgan fingerprint density at radius 3 is 2.09 bits per heavy atom. The monoisotopic (exact) mass is 455 g/mol. The van der Waals surface area contributed by atoms with Gasteiger partial charge in [0.1, 0.15) is 5.69 Å². The maximum absolute atomic E-state index is 4.85. The van der Waals surface area contributed by atoms with E-state index in [0.29, 0.717) is 5.84 Å². The van der Waals surface area contributed by atoms with E-state index < -0.39 is 0 Å². The number of benzene rings is 4. The lowest BCUT2D eigenvalue weighted by Gasteiger charge is -2.06. The number of hydrogen-bond acceptors (Lipinski definition) is 3. The fourth-order valence-electron chi connectivity index (χ4n) is 3.68. The van der Waals surface area contributed by atoms with E-state index in [4.69, 9.17) is 10.1 Å². The fraction of sp³-hybridized carbons (Fsp3) is 0.0333. The van der Waals surface area contributed by atoms with Gasteiger partial charge in [-0.15, -0.1) is 0 Å². The van der Waals surface area contributed by atoms with Crippen molar-refractivity contribution in [3.63, 3.8) is 0 Å². The van der Waals surface area contributed by atoms with Crippen molar-refractivity contribution >= 4 is 17.7 Å². The van der Waals surface area contributed by atoms with Crippen LogP contribution in [0.25, 0.3) is 16.9 Å². The quantitative estimate of drug-likeness (QED) is 0.179. The number of nitrogens with zero attached hydrogens (tertiary/aromatic N) is 4. The lowest BCUT2D eigenvalue weighted by molar-refractivity contribution is 0.884. The second kappa shape index (κ2) is 10.4. The SMILES string of the molecule is Cc1ccc(N=C(NN=Cc2cn(-c3ccccc3)nc2-c2ccccc2)c2ccccc2)cc1. The van der Waals surface area contributed by atoms with Gasteiger partial charge in [-0.3, -0.25) is 5.43 Å². The maximum atomic E-state index is 4.85. The molecule has 0 aliphatic rings. The van der Waals surface area contributed by atoms with Crippen molar-refractivity contribution in [2.45, 2.75) is 6.92 Å². The average Bonchev–Trinajstić information content (AvgIpc) is 3.35. The lowest BCUT2D eigenvalue weighted by Crippen LogP contribution is -2.18. The molecule has 0 unspecified atom stereocenters. The molecular formula is C30H25N5. The first-order valence-corrected chi connectivity index (χ1v) is 11.5. The third-order valence-corrected chi connectivity index (χ3v) is 5.51. The standard InChI is InChI=1S/C30H25N5/c1-23-17-19-27(20-18-23)32-30(25-13-7-3-8-14-25)33-31-21-26-22-35(28-15-9-4-10-16-28)34-29(26)24-11-5-2-6-12-24/h2-22H,1H3,(H,32,33). The van der Waals surface area contributed by atoms with Gasteiger partial charge in [-0.2, -0.15) is 10.2 Å². The lowest BCUT2D eigenvalue weighted by atomic mass is 10.1. The first-order valence-electron chi connectivity index (χ1n) is 11.5. The van der Waals surface area contributed by atoms with Crippen LogP contribution >= 0.6 is 0 Å². The molecule has 0 bridgehead atoms. The van der Waals surface area contributed by atoms with E-state index in [0.717, 1.165) is 33.8 Å². The summed E-state index contributed by atoms with van der Waals surface area (Å²) in [5.74, 6) is 0.669. The van der Waals surface area contributed by atoms with Crippen LogP contribution < -0.4 is 5.43 Å². The minimum Gasteiger partial charge on any atom is -0.261 e. The highest BCUT2D eigenvalue weighted by Crippen LogP contribution is 2.22. The van der Waals surface area contributed by atoms with Gasteiger partial charge < -0.3 is 0 Å². The van der Waals surface area contributed by atoms with E-state index in [2.05, 4.69) is 41.7 Å². The summed E-state index contributed by atoms with van der Waals surface area (Å²) in [5.41, 5.74) is 9.94. The first-order chi connectivity index (χ1) is 17.3. The number of hydrazone groups is 1. The minimum absolute atomic E-state index is 0.669. The van der Waals surface area contributed by atoms with E-state index in [1.54, 1.807) is 6.21 Å². The number of aliphatic imine (C=N–C) groups is 1. The number of hydrogen-bond donors (Lipinski definition) is 1. The molecule has 5 nitrogen and oxygen atoms in total. The Kier molecular flexibility index (Phi) is 6.58. The molecule has 0 atom stereocenters. The molecule has 1 aromatic heterocycles. The van der Waals surface area contributed by atoms with Crippen LogP contribution in [0.3, 0.4) is 0 Å². The van der Waals surface area contributed by atoms with Crippen molar-refractivity contribution in [3.05, 3.63) is 138 Å². The Bertz CT molecular complexity index is 1440. The average molecular weight is 456 g/mol. The van der Waals surface area contributed by atoms with Crippen molar-refractivity contribution in [1.29, 1.82) is 0 Å². The zero-order valence-corrected chi connectivity index (χ0v) is 19.4. The zero-order valence-electron chi connectivity index (χ0n) is 19.4. The Hall–Kier alpha value is -4.77. The Balaban J connectivity index is 1.48. The van der Waals surface area contributed by atoms with Gasteiger partial charge in [-0.05, 0) is 31.2 Å². The number of aromatic nitrogens is 2. The van der Waals surface area contributed by atoms with Crippen molar-refractivity contribution in [2.75, 3.05) is 0 Å². The maximum Gasteiger partial charge on any atom is 0.154 e. The van der Waals surface area contributed by atoms with Crippen LogP contribution in [0.2, 0.25) is 0 Å². The molecule has 0 spiro atoms. The summed E-state index contributed by atoms with van der Waals surface area (Å²) in [7, 11) is 0. The third kappa shape index (κ3) is 5.42. The van der Waals surface area contributed by atoms with E-state index in [9.17, 15) is 0 Å². The molecule has 5 heteroatoms. The van der Waals surface area contributed by atoms with Crippen LogP contribution in [0.4, 0.5) is 5.69 Å². The normalized spacial score (nSPS) is 11.6. The van der Waals surface area contributed by atoms with Crippen LogP contribution in [0.1, 0.15) is 16.7 Å². The summed E-state index contributed by atoms with van der Waals surface area (Å²) >= 11 is 0. The second-order valence-electron chi connectivity index (χ2n) is 8.11. The van der Waals surface area contributed by atoms with Crippen LogP contribution in [0.5, 0.6) is 0 Å². The minimum atomic E-state index is 0.669. The molecule has 35 heavy (non-hydrogen) atoms. The summed E-state index contributed by atoms with van der Waals surface area (Å²) in [6, 6.07) is 38.3. The topological polar surface area (TPSA) is 54.6 Å². The Morgan fingerprint density at radius 2 is 1.40 bits per heavy atom. The summed E-state index contributed by atoms with van der Waals surface area (Å²) < 4.78 is 1.88. The highest BCUT2D eigenvalue weighted by Gasteiger charge is 2.11. The molecule has 170 valence electrons. The molecule has 4 aromatic carbocycles. The molecule has 1 N–H and O–H groups in total. The Morgan fingerprint density at radius 1 is 0.771 bits per heavy atom. The molecule has 5 aromatic rings. The van der Waals surface area contributed by atoms with Gasteiger partial charge in [0.2, 0.25) is 0 Å². The molecule has 0 radical (unpaired) electrons. The number of nitrogens with one attached hydrogen (secondary N) is 1. The van der Waals surface area contributed by atoms with Crippen molar-refractivity contribution < 1.29 is 0 Å². The van der Waals surface area contributed by atoms with Gasteiger partial charge in [0.15, 0.2) is 5.84 Å². The molecule has 0 saturated carbocycles. The molecule has 0 amide bonds. The number of para-hydroxylation sites is 1. The first kappa shape index (κ1) is 22.0. The highest BCUT2D eigenvalue weighted by atomic mass is 15.3. The predicted molar refractivity (Wildman–Crippen MR) is 144 cm³/mol. The summed E-state index contributed by atoms with van der Waals surface area (Å²) in [6.45, 7) is 2.06. The van der Waals surface area contributed by atoms with Gasteiger partial charge in [0, 0.05) is 22.9 Å². The summed E-state index contributed by atoms with van der Waals surface area (Å²) in [5, 5.41) is 9.42. The Labute approximate surface area is 205 Å². The third-order valence-electron chi connectivity index (χ3n) is 5.51. The number of amidine groups is 1. The summed E-state index contributed by atoms with van der Waals surface area (Å²) in [6.07, 6.45) is 3.78. The fourth-order valence-corrected chi connectivity index (χ4v) is 3.68. The van der Waals surface area contributed by atoms with Crippen molar-refractivity contribution in [3.8, 4) is 16.9 Å². The highest BCUT2D eigenvalue weighted by molar-refractivity contribution is 6.01. The zero-order chi connectivity index (χ0) is 23.9. The largest absolute Gasteiger partial charge is 0.261 e. The van der Waals surface area contributed by atoms with E-state index in [-0.39, 0.29) is 0 Å². The molecular weight excluding hydrogens is 430 g/mol. The second-order valence-corrected chi connectivity index (χ2v) is 8.11. The smallest absolute Gasteiger partial charge is 0.154 e. The molecule has 0 fully saturated rings. The molecule has 0 aliphatic carbocycles. The van der Waals surface area contributed by atoms with Crippen LogP contribution in [0, 0.1) is 6.92 Å². The van der Waals surface area contributed by atoms with Gasteiger partial charge in [-0.1, -0.05) is 96.6 Å². The molecule has 5 rings (SSSR count). The van der Waals surface area contributed by atoms with Gasteiger partial charge in [0.25, 0.3) is 0 Å². The van der Waals surface area contributed by atoms with Crippen LogP contribution in [-0.4, -0.2) is 21.8 Å². The summed E-state index contributed by atoms with van der Waals surface area (Å²) in [4.78, 5) is 4.81. The predicted octanol–water partition coefficient (Wildman–Crippen LogP) is 6.55. The van der Waals surface area contributed by atoms with Crippen molar-refractivity contribution in [2.24, 2.45) is 10.1 Å². The number of rotatable bonds is 6. The van der Waals surface area contributed by atoms with Crippen LogP contribution in [-0.2, 0) is 0 Å². The van der Waals surface area contributed by atoms with Crippen LogP contribution in [0.15, 0.2) is 132 Å². The molecule has 1 heterocycles.